The van der Waals surface area contributed by atoms with E-state index in [2.05, 4.69) is 5.32 Å². The summed E-state index contributed by atoms with van der Waals surface area (Å²) in [6.07, 6.45) is 0.455. The van der Waals surface area contributed by atoms with Crippen LogP contribution in [0.2, 0.25) is 0 Å². The second-order valence-electron chi connectivity index (χ2n) is 3.28. The second kappa shape index (κ2) is 2.86. The van der Waals surface area contributed by atoms with Gasteiger partial charge in [-0.3, -0.25) is 0 Å². The van der Waals surface area contributed by atoms with Gasteiger partial charge >= 0.3 is 0 Å². The first-order valence-electron chi connectivity index (χ1n) is 3.69. The molecular weight excluding hydrogens is 130 g/mol. The lowest BCUT2D eigenvalue weighted by atomic mass is 9.79. The van der Waals surface area contributed by atoms with Gasteiger partial charge in [-0.1, -0.05) is 6.92 Å². The van der Waals surface area contributed by atoms with Gasteiger partial charge in [-0.25, -0.2) is 0 Å². The van der Waals surface area contributed by atoms with Gasteiger partial charge in [-0.15, -0.1) is 0 Å². The summed E-state index contributed by atoms with van der Waals surface area (Å²) in [5.41, 5.74) is -0.273. The van der Waals surface area contributed by atoms with Crippen LogP contribution in [-0.4, -0.2) is 36.0 Å². The molecular formula is C7H15NO2. The zero-order valence-electron chi connectivity index (χ0n) is 6.30. The van der Waals surface area contributed by atoms with Gasteiger partial charge < -0.3 is 15.5 Å². The lowest BCUT2D eigenvalue weighted by Gasteiger charge is -2.37. The van der Waals surface area contributed by atoms with Crippen LogP contribution in [0.15, 0.2) is 0 Å². The maximum atomic E-state index is 9.41. The second-order valence-corrected chi connectivity index (χ2v) is 3.28. The lowest BCUT2D eigenvalue weighted by Crippen LogP contribution is -2.49. The van der Waals surface area contributed by atoms with E-state index in [1.165, 1.54) is 0 Å². The Labute approximate surface area is 61.1 Å². The predicted octanol–water partition coefficient (Wildman–Crippen LogP) is -0.661. The van der Waals surface area contributed by atoms with E-state index >= 15 is 0 Å². The summed E-state index contributed by atoms with van der Waals surface area (Å²) < 4.78 is 0. The number of hydrogen-bond acceptors (Lipinski definition) is 3. The minimum Gasteiger partial charge on any atom is -0.396 e. The van der Waals surface area contributed by atoms with Gasteiger partial charge in [0.2, 0.25) is 0 Å². The monoisotopic (exact) mass is 145 g/mol. The summed E-state index contributed by atoms with van der Waals surface area (Å²) in [5, 5.41) is 21.4. The van der Waals surface area contributed by atoms with Crippen LogP contribution < -0.4 is 5.32 Å². The average molecular weight is 145 g/mol. The Bertz CT molecular complexity index is 118. The lowest BCUT2D eigenvalue weighted by molar-refractivity contribution is -0.0254. The number of aliphatic hydroxyl groups excluding tert-OH is 2. The quantitative estimate of drug-likeness (QED) is 0.459. The molecule has 1 aliphatic rings. The zero-order chi connectivity index (χ0) is 7.61. The molecule has 3 N–H and O–H groups in total. The van der Waals surface area contributed by atoms with Crippen LogP contribution in [0.1, 0.15) is 13.3 Å². The fraction of sp³-hybridized carbons (Fsp3) is 1.00. The molecule has 0 radical (unpaired) electrons. The third-order valence-corrected chi connectivity index (χ3v) is 2.38. The molecule has 60 valence electrons. The third kappa shape index (κ3) is 1.31. The van der Waals surface area contributed by atoms with Crippen molar-refractivity contribution in [3.63, 3.8) is 0 Å². The van der Waals surface area contributed by atoms with Crippen LogP contribution in [0.5, 0.6) is 0 Å². The Morgan fingerprint density at radius 1 is 1.70 bits per heavy atom. The van der Waals surface area contributed by atoms with Gasteiger partial charge in [0.25, 0.3) is 0 Å². The number of rotatable bonds is 1. The molecule has 1 saturated heterocycles. The van der Waals surface area contributed by atoms with Gasteiger partial charge in [-0.05, 0) is 13.0 Å². The molecule has 1 heterocycles. The maximum absolute atomic E-state index is 9.41. The van der Waals surface area contributed by atoms with Crippen LogP contribution in [0, 0.1) is 5.41 Å². The van der Waals surface area contributed by atoms with Gasteiger partial charge in [0.15, 0.2) is 0 Å². The van der Waals surface area contributed by atoms with E-state index in [1.807, 2.05) is 6.92 Å². The van der Waals surface area contributed by atoms with Crippen molar-refractivity contribution in [3.05, 3.63) is 0 Å². The smallest absolute Gasteiger partial charge is 0.0740 e. The highest BCUT2D eigenvalue weighted by Gasteiger charge is 2.34. The molecule has 0 bridgehead atoms. The van der Waals surface area contributed by atoms with E-state index in [-0.39, 0.29) is 12.0 Å². The minimum absolute atomic E-state index is 0.0792. The van der Waals surface area contributed by atoms with Crippen molar-refractivity contribution >= 4 is 0 Å². The van der Waals surface area contributed by atoms with E-state index < -0.39 is 6.10 Å². The topological polar surface area (TPSA) is 52.5 Å². The molecule has 0 aromatic heterocycles. The van der Waals surface area contributed by atoms with Crippen LogP contribution in [0.4, 0.5) is 0 Å². The fourth-order valence-corrected chi connectivity index (χ4v) is 1.21. The summed E-state index contributed by atoms with van der Waals surface area (Å²) >= 11 is 0. The first-order chi connectivity index (χ1) is 4.69. The fourth-order valence-electron chi connectivity index (χ4n) is 1.21. The molecule has 0 aromatic carbocycles. The Balaban J connectivity index is 2.54. The van der Waals surface area contributed by atoms with Crippen molar-refractivity contribution in [1.29, 1.82) is 0 Å². The zero-order valence-corrected chi connectivity index (χ0v) is 6.30. The number of hydrogen-bond donors (Lipinski definition) is 3. The van der Waals surface area contributed by atoms with E-state index in [0.717, 1.165) is 13.0 Å². The molecule has 2 atom stereocenters. The normalized spacial score (nSPS) is 41.7. The average Bonchev–Trinajstić information content (AvgIpc) is 1.96. The Hall–Kier alpha value is -0.120. The van der Waals surface area contributed by atoms with Crippen LogP contribution in [-0.2, 0) is 0 Å². The first-order valence-corrected chi connectivity index (χ1v) is 3.69. The first kappa shape index (κ1) is 7.98. The van der Waals surface area contributed by atoms with Gasteiger partial charge in [-0.2, -0.15) is 0 Å². The summed E-state index contributed by atoms with van der Waals surface area (Å²) in [4.78, 5) is 0. The van der Waals surface area contributed by atoms with Crippen LogP contribution in [0.25, 0.3) is 0 Å². The Morgan fingerprint density at radius 3 is 2.80 bits per heavy atom. The van der Waals surface area contributed by atoms with Crippen molar-refractivity contribution in [2.45, 2.75) is 19.4 Å². The molecule has 0 saturated carbocycles. The van der Waals surface area contributed by atoms with Gasteiger partial charge in [0.1, 0.15) is 0 Å². The SMILES string of the molecule is C[C@@]1(CO)CCNC[C@@H]1O. The number of piperidine rings is 1. The van der Waals surface area contributed by atoms with Crippen LogP contribution in [0.3, 0.4) is 0 Å². The summed E-state index contributed by atoms with van der Waals surface area (Å²) in [7, 11) is 0. The summed E-state index contributed by atoms with van der Waals surface area (Å²) in [5.74, 6) is 0. The molecule has 0 aromatic rings. The van der Waals surface area contributed by atoms with E-state index in [4.69, 9.17) is 5.11 Å². The molecule has 0 aliphatic carbocycles. The molecule has 1 aliphatic heterocycles. The van der Waals surface area contributed by atoms with Crippen molar-refractivity contribution in [2.24, 2.45) is 5.41 Å². The summed E-state index contributed by atoms with van der Waals surface area (Å²) in [6, 6.07) is 0. The van der Waals surface area contributed by atoms with Crippen molar-refractivity contribution in [2.75, 3.05) is 19.7 Å². The molecule has 3 nitrogen and oxygen atoms in total. The minimum atomic E-state index is -0.397. The van der Waals surface area contributed by atoms with E-state index in [9.17, 15) is 5.11 Å². The molecule has 10 heavy (non-hydrogen) atoms. The largest absolute Gasteiger partial charge is 0.396 e. The predicted molar refractivity (Wildman–Crippen MR) is 38.7 cm³/mol. The molecule has 1 fully saturated rings. The Morgan fingerprint density at radius 2 is 2.40 bits per heavy atom. The number of nitrogens with one attached hydrogen (secondary N) is 1. The Kier molecular flexibility index (Phi) is 2.28. The maximum Gasteiger partial charge on any atom is 0.0740 e. The highest BCUT2D eigenvalue weighted by Crippen LogP contribution is 2.26. The molecule has 0 amide bonds. The van der Waals surface area contributed by atoms with Crippen molar-refractivity contribution in [1.82, 2.24) is 5.32 Å². The van der Waals surface area contributed by atoms with Crippen molar-refractivity contribution in [3.8, 4) is 0 Å². The highest BCUT2D eigenvalue weighted by atomic mass is 16.3. The van der Waals surface area contributed by atoms with E-state index in [0.29, 0.717) is 6.54 Å². The summed E-state index contributed by atoms with van der Waals surface area (Å²) in [6.45, 7) is 3.50. The van der Waals surface area contributed by atoms with E-state index in [1.54, 1.807) is 0 Å². The molecule has 0 unspecified atom stereocenters. The van der Waals surface area contributed by atoms with Gasteiger partial charge in [0.05, 0.1) is 12.7 Å². The highest BCUT2D eigenvalue weighted by molar-refractivity contribution is 4.87. The molecule has 1 rings (SSSR count). The number of aliphatic hydroxyl groups is 2. The standard InChI is InChI=1S/C7H15NO2/c1-7(5-9)2-3-8-4-6(7)10/h6,8-10H,2-5H2,1H3/t6-,7-/m0/s1. The van der Waals surface area contributed by atoms with Crippen LogP contribution >= 0.6 is 0 Å². The molecule has 3 heteroatoms. The number of β-amino-alcohol motifs (C(OH)–C–C–N with tert-alkyl or cyclic N) is 1. The van der Waals surface area contributed by atoms with Crippen molar-refractivity contribution < 1.29 is 10.2 Å². The molecule has 0 spiro atoms. The third-order valence-electron chi connectivity index (χ3n) is 2.38. The van der Waals surface area contributed by atoms with Gasteiger partial charge in [0, 0.05) is 12.0 Å².